The summed E-state index contributed by atoms with van der Waals surface area (Å²) in [5, 5.41) is 15.3. The normalized spacial score (nSPS) is 28.1. The summed E-state index contributed by atoms with van der Waals surface area (Å²) in [5.41, 5.74) is 1.10. The highest BCUT2D eigenvalue weighted by atomic mass is 16.2. The van der Waals surface area contributed by atoms with E-state index in [0.717, 1.165) is 19.6 Å². The van der Waals surface area contributed by atoms with Crippen LogP contribution in [0.1, 0.15) is 12.5 Å². The molecular weight excluding hydrogens is 264 g/mol. The lowest BCUT2D eigenvalue weighted by atomic mass is 9.95. The summed E-state index contributed by atoms with van der Waals surface area (Å²) >= 11 is 0. The third-order valence-electron chi connectivity index (χ3n) is 4.72. The number of amides is 1. The van der Waals surface area contributed by atoms with Crippen molar-refractivity contribution in [1.29, 1.82) is 5.26 Å². The van der Waals surface area contributed by atoms with Crippen LogP contribution in [0.3, 0.4) is 0 Å². The summed E-state index contributed by atoms with van der Waals surface area (Å²) in [6.45, 7) is 5.69. The summed E-state index contributed by atoms with van der Waals surface area (Å²) in [5.74, 6) is 1.28. The number of fused-ring (bicyclic) bond motifs is 1. The van der Waals surface area contributed by atoms with Crippen LogP contribution < -0.4 is 10.6 Å². The second kappa shape index (κ2) is 5.84. The molecule has 0 aliphatic carbocycles. The Morgan fingerprint density at radius 2 is 2.29 bits per heavy atom. The van der Waals surface area contributed by atoms with Gasteiger partial charge in [-0.3, -0.25) is 9.69 Å². The molecule has 0 bridgehead atoms. The van der Waals surface area contributed by atoms with Gasteiger partial charge in [0.15, 0.2) is 0 Å². The van der Waals surface area contributed by atoms with E-state index in [0.29, 0.717) is 35.7 Å². The average molecular weight is 284 g/mol. The predicted molar refractivity (Wildman–Crippen MR) is 80.7 cm³/mol. The second-order valence-electron chi connectivity index (χ2n) is 5.96. The van der Waals surface area contributed by atoms with Gasteiger partial charge in [0, 0.05) is 12.6 Å². The Morgan fingerprint density at radius 1 is 1.48 bits per heavy atom. The molecule has 0 aromatic heterocycles. The smallest absolute Gasteiger partial charge is 0.238 e. The minimum atomic E-state index is -0.0440. The number of para-hydroxylation sites is 1. The molecule has 2 heterocycles. The Labute approximate surface area is 124 Å². The number of rotatable bonds is 3. The zero-order chi connectivity index (χ0) is 14.8. The van der Waals surface area contributed by atoms with Crippen molar-refractivity contribution in [3.8, 4) is 6.07 Å². The lowest BCUT2D eigenvalue weighted by Crippen LogP contribution is -2.39. The van der Waals surface area contributed by atoms with Gasteiger partial charge < -0.3 is 10.6 Å². The van der Waals surface area contributed by atoms with Crippen LogP contribution in [0.2, 0.25) is 0 Å². The third-order valence-corrected chi connectivity index (χ3v) is 4.72. The molecule has 2 saturated heterocycles. The van der Waals surface area contributed by atoms with Gasteiger partial charge in [-0.1, -0.05) is 12.1 Å². The molecule has 3 rings (SSSR count). The number of hydrogen-bond donors (Lipinski definition) is 2. The van der Waals surface area contributed by atoms with Gasteiger partial charge in [0.2, 0.25) is 5.91 Å². The summed E-state index contributed by atoms with van der Waals surface area (Å²) in [7, 11) is 0. The Kier molecular flexibility index (Phi) is 3.91. The first-order chi connectivity index (χ1) is 10.2. The fraction of sp³-hybridized carbons (Fsp3) is 0.500. The van der Waals surface area contributed by atoms with Gasteiger partial charge in [0.05, 0.1) is 17.8 Å². The predicted octanol–water partition coefficient (Wildman–Crippen LogP) is 1.04. The third kappa shape index (κ3) is 2.78. The zero-order valence-corrected chi connectivity index (χ0v) is 12.2. The van der Waals surface area contributed by atoms with Crippen molar-refractivity contribution >= 4 is 11.6 Å². The maximum Gasteiger partial charge on any atom is 0.238 e. The van der Waals surface area contributed by atoms with E-state index in [9.17, 15) is 4.79 Å². The highest BCUT2D eigenvalue weighted by molar-refractivity contribution is 5.93. The quantitative estimate of drug-likeness (QED) is 0.870. The van der Waals surface area contributed by atoms with Gasteiger partial charge >= 0.3 is 0 Å². The topological polar surface area (TPSA) is 68.2 Å². The fourth-order valence-corrected chi connectivity index (χ4v) is 3.53. The first kappa shape index (κ1) is 14.1. The number of likely N-dealkylation sites (tertiary alicyclic amines) is 1. The highest BCUT2D eigenvalue weighted by Gasteiger charge is 2.42. The van der Waals surface area contributed by atoms with Crippen LogP contribution in [0.15, 0.2) is 24.3 Å². The number of nitrogens with zero attached hydrogens (tertiary/aromatic N) is 2. The SMILES string of the molecule is CC1C2CNCC2CN1CC(=O)Nc1ccccc1C#N. The Bertz CT molecular complexity index is 580. The lowest BCUT2D eigenvalue weighted by Gasteiger charge is -2.23. The molecule has 5 heteroatoms. The maximum absolute atomic E-state index is 12.2. The van der Waals surface area contributed by atoms with Gasteiger partial charge in [0.1, 0.15) is 6.07 Å². The van der Waals surface area contributed by atoms with Crippen LogP contribution in [0, 0.1) is 23.2 Å². The van der Waals surface area contributed by atoms with Crippen molar-refractivity contribution in [1.82, 2.24) is 10.2 Å². The number of carbonyl (C=O) groups excluding carboxylic acids is 1. The molecule has 5 nitrogen and oxygen atoms in total. The maximum atomic E-state index is 12.2. The molecule has 3 atom stereocenters. The van der Waals surface area contributed by atoms with E-state index in [4.69, 9.17) is 5.26 Å². The number of carbonyl (C=O) groups is 1. The van der Waals surface area contributed by atoms with Crippen molar-refractivity contribution in [2.45, 2.75) is 13.0 Å². The van der Waals surface area contributed by atoms with Crippen LogP contribution in [0.4, 0.5) is 5.69 Å². The van der Waals surface area contributed by atoms with Crippen molar-refractivity contribution < 1.29 is 4.79 Å². The molecular formula is C16H20N4O. The summed E-state index contributed by atoms with van der Waals surface area (Å²) in [6.07, 6.45) is 0. The van der Waals surface area contributed by atoms with Crippen LogP contribution in [-0.2, 0) is 4.79 Å². The molecule has 2 N–H and O–H groups in total. The molecule has 1 amide bonds. The van der Waals surface area contributed by atoms with E-state index < -0.39 is 0 Å². The first-order valence-corrected chi connectivity index (χ1v) is 7.43. The number of anilines is 1. The summed E-state index contributed by atoms with van der Waals surface area (Å²) < 4.78 is 0. The van der Waals surface area contributed by atoms with Gasteiger partial charge in [-0.2, -0.15) is 5.26 Å². The molecule has 2 aliphatic heterocycles. The molecule has 1 aromatic rings. The molecule has 0 radical (unpaired) electrons. The molecule has 110 valence electrons. The van der Waals surface area contributed by atoms with Crippen LogP contribution in [0.5, 0.6) is 0 Å². The van der Waals surface area contributed by atoms with Crippen molar-refractivity contribution in [3.63, 3.8) is 0 Å². The van der Waals surface area contributed by atoms with Crippen LogP contribution in [0.25, 0.3) is 0 Å². The van der Waals surface area contributed by atoms with Gasteiger partial charge in [-0.15, -0.1) is 0 Å². The highest BCUT2D eigenvalue weighted by Crippen LogP contribution is 2.31. The monoisotopic (exact) mass is 284 g/mol. The molecule has 3 unspecified atom stereocenters. The van der Waals surface area contributed by atoms with Gasteiger partial charge in [-0.25, -0.2) is 0 Å². The minimum Gasteiger partial charge on any atom is -0.324 e. The molecule has 21 heavy (non-hydrogen) atoms. The molecule has 0 spiro atoms. The molecule has 2 aliphatic rings. The average Bonchev–Trinajstić information content (AvgIpc) is 3.04. The number of benzene rings is 1. The van der Waals surface area contributed by atoms with Crippen molar-refractivity contribution in [3.05, 3.63) is 29.8 Å². The largest absolute Gasteiger partial charge is 0.324 e. The van der Waals surface area contributed by atoms with Gasteiger partial charge in [-0.05, 0) is 44.0 Å². The minimum absolute atomic E-state index is 0.0440. The van der Waals surface area contributed by atoms with E-state index in [1.807, 2.05) is 6.07 Å². The number of nitriles is 1. The molecule has 0 saturated carbocycles. The fourth-order valence-electron chi connectivity index (χ4n) is 3.53. The number of hydrogen-bond acceptors (Lipinski definition) is 4. The van der Waals surface area contributed by atoms with Crippen molar-refractivity contribution in [2.24, 2.45) is 11.8 Å². The Morgan fingerprint density at radius 3 is 3.05 bits per heavy atom. The standard InChI is InChI=1S/C16H20N4O/c1-11-14-8-18-7-13(14)9-20(11)10-16(21)19-15-5-3-2-4-12(15)6-17/h2-5,11,13-14,18H,7-10H2,1H3,(H,19,21). The van der Waals surface area contributed by atoms with Crippen LogP contribution in [-0.4, -0.2) is 43.0 Å². The molecule has 2 fully saturated rings. The van der Waals surface area contributed by atoms with Crippen molar-refractivity contribution in [2.75, 3.05) is 31.5 Å². The van der Waals surface area contributed by atoms with E-state index in [1.54, 1.807) is 18.2 Å². The van der Waals surface area contributed by atoms with E-state index in [1.165, 1.54) is 0 Å². The van der Waals surface area contributed by atoms with E-state index >= 15 is 0 Å². The lowest BCUT2D eigenvalue weighted by molar-refractivity contribution is -0.117. The first-order valence-electron chi connectivity index (χ1n) is 7.43. The zero-order valence-electron chi connectivity index (χ0n) is 12.2. The van der Waals surface area contributed by atoms with Gasteiger partial charge in [0.25, 0.3) is 0 Å². The summed E-state index contributed by atoms with van der Waals surface area (Å²) in [6, 6.07) is 9.63. The van der Waals surface area contributed by atoms with E-state index in [-0.39, 0.29) is 5.91 Å². The van der Waals surface area contributed by atoms with E-state index in [2.05, 4.69) is 28.5 Å². The van der Waals surface area contributed by atoms with Crippen LogP contribution >= 0.6 is 0 Å². The number of nitrogens with one attached hydrogen (secondary N) is 2. The Balaban J connectivity index is 1.61. The Hall–Kier alpha value is -1.90. The summed E-state index contributed by atoms with van der Waals surface area (Å²) in [4.78, 5) is 14.5. The molecule has 1 aromatic carbocycles. The second-order valence-corrected chi connectivity index (χ2v) is 5.96.